The standard InChI is InChI=1S/C16H22N4O5/c1-2-8-19(10-14(22)23)16(25)12-5-3-4-9-20(12)15(24)11-6-7-13(21)18-17-11/h6-7,12H,2-5,8-10H2,1H3,(H,18,21)(H,22,23). The van der Waals surface area contributed by atoms with Gasteiger partial charge in [-0.15, -0.1) is 0 Å². The summed E-state index contributed by atoms with van der Waals surface area (Å²) in [4.78, 5) is 50.3. The molecule has 9 nitrogen and oxygen atoms in total. The summed E-state index contributed by atoms with van der Waals surface area (Å²) < 4.78 is 0. The van der Waals surface area contributed by atoms with E-state index in [1.807, 2.05) is 6.92 Å². The van der Waals surface area contributed by atoms with Gasteiger partial charge in [-0.3, -0.25) is 19.2 Å². The number of carboxylic acid groups (broad SMARTS) is 1. The van der Waals surface area contributed by atoms with E-state index < -0.39 is 23.5 Å². The molecule has 0 saturated carbocycles. The van der Waals surface area contributed by atoms with Crippen LogP contribution in [0.25, 0.3) is 0 Å². The number of aromatic amines is 1. The Morgan fingerprint density at radius 1 is 1.36 bits per heavy atom. The summed E-state index contributed by atoms with van der Waals surface area (Å²) in [5.74, 6) is -1.89. The fraction of sp³-hybridized carbons (Fsp3) is 0.562. The van der Waals surface area contributed by atoms with Crippen LogP contribution >= 0.6 is 0 Å². The summed E-state index contributed by atoms with van der Waals surface area (Å²) in [6.07, 6.45) is 2.65. The first-order valence-corrected chi connectivity index (χ1v) is 8.31. The molecule has 1 atom stereocenters. The molecular formula is C16H22N4O5. The summed E-state index contributed by atoms with van der Waals surface area (Å²) in [6, 6.07) is 1.81. The first kappa shape index (κ1) is 18.6. The highest BCUT2D eigenvalue weighted by molar-refractivity contribution is 5.96. The van der Waals surface area contributed by atoms with E-state index in [1.54, 1.807) is 0 Å². The lowest BCUT2D eigenvalue weighted by atomic mass is 10.00. The van der Waals surface area contributed by atoms with Crippen LogP contribution in [0.5, 0.6) is 0 Å². The van der Waals surface area contributed by atoms with Gasteiger partial charge >= 0.3 is 5.97 Å². The van der Waals surface area contributed by atoms with Crippen molar-refractivity contribution in [2.45, 2.75) is 38.6 Å². The van der Waals surface area contributed by atoms with Crippen molar-refractivity contribution < 1.29 is 19.5 Å². The second-order valence-electron chi connectivity index (χ2n) is 5.97. The molecule has 1 aromatic rings. The van der Waals surface area contributed by atoms with Gasteiger partial charge in [-0.1, -0.05) is 6.92 Å². The molecule has 1 saturated heterocycles. The molecule has 1 fully saturated rings. The lowest BCUT2D eigenvalue weighted by Gasteiger charge is -2.37. The van der Waals surface area contributed by atoms with Crippen molar-refractivity contribution >= 4 is 17.8 Å². The number of H-pyrrole nitrogens is 1. The average Bonchev–Trinajstić information content (AvgIpc) is 2.60. The molecule has 0 radical (unpaired) electrons. The number of aromatic nitrogens is 2. The van der Waals surface area contributed by atoms with Crippen LogP contribution in [-0.2, 0) is 9.59 Å². The van der Waals surface area contributed by atoms with Gasteiger partial charge in [0.2, 0.25) is 5.91 Å². The van der Waals surface area contributed by atoms with Gasteiger partial charge in [0.05, 0.1) is 0 Å². The van der Waals surface area contributed by atoms with Gasteiger partial charge in [0, 0.05) is 19.2 Å². The fourth-order valence-electron chi connectivity index (χ4n) is 2.95. The summed E-state index contributed by atoms with van der Waals surface area (Å²) in [6.45, 7) is 2.18. The summed E-state index contributed by atoms with van der Waals surface area (Å²) >= 11 is 0. The Kier molecular flexibility index (Phi) is 6.26. The molecule has 1 unspecified atom stereocenters. The van der Waals surface area contributed by atoms with Gasteiger partial charge in [-0.2, -0.15) is 5.10 Å². The Morgan fingerprint density at radius 3 is 2.72 bits per heavy atom. The Balaban J connectivity index is 2.22. The zero-order chi connectivity index (χ0) is 18.4. The van der Waals surface area contributed by atoms with Gasteiger partial charge in [0.25, 0.3) is 11.5 Å². The molecule has 2 rings (SSSR count). The lowest BCUT2D eigenvalue weighted by Crippen LogP contribution is -2.54. The van der Waals surface area contributed by atoms with E-state index in [4.69, 9.17) is 5.11 Å². The Hall–Kier alpha value is -2.71. The molecule has 0 aliphatic carbocycles. The van der Waals surface area contributed by atoms with Crippen LogP contribution in [-0.4, -0.2) is 68.6 Å². The number of piperidine rings is 1. The van der Waals surface area contributed by atoms with Crippen molar-refractivity contribution in [2.75, 3.05) is 19.6 Å². The number of aliphatic carboxylic acids is 1. The third-order valence-corrected chi connectivity index (χ3v) is 4.08. The van der Waals surface area contributed by atoms with E-state index in [0.29, 0.717) is 25.9 Å². The van der Waals surface area contributed by atoms with Crippen molar-refractivity contribution in [2.24, 2.45) is 0 Å². The predicted octanol–water partition coefficient (Wildman–Crippen LogP) is 0.0878. The zero-order valence-electron chi connectivity index (χ0n) is 14.1. The third kappa shape index (κ3) is 4.65. The Bertz CT molecular complexity index is 682. The topological polar surface area (TPSA) is 124 Å². The highest BCUT2D eigenvalue weighted by atomic mass is 16.4. The minimum absolute atomic E-state index is 0.0552. The maximum atomic E-state index is 12.8. The molecule has 2 N–H and O–H groups in total. The number of hydrogen-bond acceptors (Lipinski definition) is 5. The lowest BCUT2D eigenvalue weighted by molar-refractivity contribution is -0.147. The molecular weight excluding hydrogens is 328 g/mol. The summed E-state index contributed by atoms with van der Waals surface area (Å²) in [7, 11) is 0. The van der Waals surface area contributed by atoms with E-state index in [9.17, 15) is 19.2 Å². The van der Waals surface area contributed by atoms with Crippen molar-refractivity contribution in [3.63, 3.8) is 0 Å². The fourth-order valence-corrected chi connectivity index (χ4v) is 2.95. The molecule has 1 aliphatic rings. The van der Waals surface area contributed by atoms with Crippen LogP contribution < -0.4 is 5.56 Å². The number of nitrogens with one attached hydrogen (secondary N) is 1. The molecule has 0 aromatic carbocycles. The summed E-state index contributed by atoms with van der Waals surface area (Å²) in [5.41, 5.74) is -0.363. The number of nitrogens with zero attached hydrogens (tertiary/aromatic N) is 3. The van der Waals surface area contributed by atoms with E-state index in [0.717, 1.165) is 12.8 Å². The van der Waals surface area contributed by atoms with Crippen molar-refractivity contribution in [1.29, 1.82) is 0 Å². The normalized spacial score (nSPS) is 17.2. The monoisotopic (exact) mass is 350 g/mol. The molecule has 1 aliphatic heterocycles. The third-order valence-electron chi connectivity index (χ3n) is 4.08. The molecule has 1 aromatic heterocycles. The minimum atomic E-state index is -1.09. The molecule has 25 heavy (non-hydrogen) atoms. The highest BCUT2D eigenvalue weighted by Crippen LogP contribution is 2.21. The number of likely N-dealkylation sites (tertiary alicyclic amines) is 1. The van der Waals surface area contributed by atoms with E-state index in [1.165, 1.54) is 21.9 Å². The second kappa shape index (κ2) is 8.41. The SMILES string of the molecule is CCCN(CC(=O)O)C(=O)C1CCCCN1C(=O)c1ccc(=O)[nH]n1. The van der Waals surface area contributed by atoms with Crippen molar-refractivity contribution in [3.05, 3.63) is 28.2 Å². The van der Waals surface area contributed by atoms with Gasteiger partial charge < -0.3 is 14.9 Å². The van der Waals surface area contributed by atoms with Crippen molar-refractivity contribution in [3.8, 4) is 0 Å². The summed E-state index contributed by atoms with van der Waals surface area (Å²) in [5, 5.41) is 15.0. The van der Waals surface area contributed by atoms with Gasteiger partial charge in [-0.05, 0) is 31.7 Å². The Morgan fingerprint density at radius 2 is 2.12 bits per heavy atom. The molecule has 0 spiro atoms. The van der Waals surface area contributed by atoms with E-state index in [2.05, 4.69) is 10.2 Å². The van der Waals surface area contributed by atoms with Crippen LogP contribution in [0.15, 0.2) is 16.9 Å². The van der Waals surface area contributed by atoms with Crippen LogP contribution in [0, 0.1) is 0 Å². The van der Waals surface area contributed by atoms with Gasteiger partial charge in [-0.25, -0.2) is 5.10 Å². The van der Waals surface area contributed by atoms with Crippen molar-refractivity contribution in [1.82, 2.24) is 20.0 Å². The van der Waals surface area contributed by atoms with Crippen LogP contribution in [0.2, 0.25) is 0 Å². The smallest absolute Gasteiger partial charge is 0.323 e. The first-order valence-electron chi connectivity index (χ1n) is 8.31. The van der Waals surface area contributed by atoms with Gasteiger partial charge in [0.15, 0.2) is 0 Å². The number of rotatable bonds is 6. The van der Waals surface area contributed by atoms with E-state index in [-0.39, 0.29) is 18.1 Å². The maximum Gasteiger partial charge on any atom is 0.323 e. The first-order chi connectivity index (χ1) is 11.9. The van der Waals surface area contributed by atoms with Crippen LogP contribution in [0.4, 0.5) is 0 Å². The maximum absolute atomic E-state index is 12.8. The molecule has 0 bridgehead atoms. The average molecular weight is 350 g/mol. The quantitative estimate of drug-likeness (QED) is 0.749. The molecule has 9 heteroatoms. The molecule has 136 valence electrons. The highest BCUT2D eigenvalue weighted by Gasteiger charge is 2.36. The van der Waals surface area contributed by atoms with E-state index >= 15 is 0 Å². The van der Waals surface area contributed by atoms with Crippen LogP contribution in [0.3, 0.4) is 0 Å². The number of carbonyl (C=O) groups excluding carboxylic acids is 2. The second-order valence-corrected chi connectivity index (χ2v) is 5.97. The number of carboxylic acids is 1. The largest absolute Gasteiger partial charge is 0.480 e. The number of hydrogen-bond donors (Lipinski definition) is 2. The zero-order valence-corrected chi connectivity index (χ0v) is 14.1. The minimum Gasteiger partial charge on any atom is -0.480 e. The Labute approximate surface area is 144 Å². The molecule has 2 amide bonds. The number of carbonyl (C=O) groups is 3. The molecule has 2 heterocycles. The van der Waals surface area contributed by atoms with Crippen LogP contribution in [0.1, 0.15) is 43.1 Å². The number of amides is 2. The van der Waals surface area contributed by atoms with Gasteiger partial charge in [0.1, 0.15) is 18.3 Å². The predicted molar refractivity (Wildman–Crippen MR) is 88.0 cm³/mol.